The van der Waals surface area contributed by atoms with Crippen LogP contribution in [0.4, 0.5) is 0 Å². The van der Waals surface area contributed by atoms with Crippen LogP contribution in [0.1, 0.15) is 75.0 Å². The highest BCUT2D eigenvalue weighted by Crippen LogP contribution is 2.64. The van der Waals surface area contributed by atoms with Crippen molar-refractivity contribution in [2.45, 2.75) is 77.2 Å². The molecule has 2 saturated carbocycles. The highest BCUT2D eigenvalue weighted by atomic mass is 16.3. The molecule has 0 heterocycles. The lowest BCUT2D eigenvalue weighted by Gasteiger charge is -2.53. The maximum Gasteiger partial charge on any atom is 0.0701 e. The van der Waals surface area contributed by atoms with Crippen LogP contribution in [0, 0.1) is 24.2 Å². The van der Waals surface area contributed by atoms with Crippen molar-refractivity contribution in [2.75, 3.05) is 0 Å². The summed E-state index contributed by atoms with van der Waals surface area (Å²) < 4.78 is 0. The van der Waals surface area contributed by atoms with E-state index in [2.05, 4.69) is 39.0 Å². The largest absolute Gasteiger partial charge is 0.389 e. The fourth-order valence-electron chi connectivity index (χ4n) is 6.40. The van der Waals surface area contributed by atoms with Crippen LogP contribution in [0.2, 0.25) is 0 Å². The van der Waals surface area contributed by atoms with Gasteiger partial charge in [-0.15, -0.1) is 0 Å². The second kappa shape index (κ2) is 4.84. The Kier molecular flexibility index (Phi) is 3.24. The summed E-state index contributed by atoms with van der Waals surface area (Å²) in [7, 11) is 0. The molecule has 0 aliphatic heterocycles. The summed E-state index contributed by atoms with van der Waals surface area (Å²) in [5.41, 5.74) is 4.39. The third-order valence-corrected chi connectivity index (χ3v) is 7.79. The highest BCUT2D eigenvalue weighted by molar-refractivity contribution is 5.38. The molecule has 1 nitrogen and oxygen atoms in total. The van der Waals surface area contributed by atoms with Gasteiger partial charge in [-0.1, -0.05) is 37.6 Å². The fraction of sp³-hybridized carbons (Fsp3) is 0.714. The molecule has 1 aromatic carbocycles. The van der Waals surface area contributed by atoms with E-state index in [0.29, 0.717) is 0 Å². The highest BCUT2D eigenvalue weighted by Gasteiger charge is 2.60. The zero-order valence-electron chi connectivity index (χ0n) is 14.4. The summed E-state index contributed by atoms with van der Waals surface area (Å²) in [6.07, 6.45) is 8.24. The van der Waals surface area contributed by atoms with Crippen molar-refractivity contribution < 1.29 is 5.11 Å². The number of rotatable bonds is 1. The molecule has 0 aromatic heterocycles. The van der Waals surface area contributed by atoms with Crippen molar-refractivity contribution in [3.8, 4) is 0 Å². The third-order valence-electron chi connectivity index (χ3n) is 7.79. The van der Waals surface area contributed by atoms with Gasteiger partial charge in [-0.25, -0.2) is 0 Å². The van der Waals surface area contributed by atoms with Gasteiger partial charge in [0.15, 0.2) is 0 Å². The van der Waals surface area contributed by atoms with E-state index in [1.165, 1.54) is 37.7 Å². The Balaban J connectivity index is 1.70. The second-order valence-corrected chi connectivity index (χ2v) is 8.50. The van der Waals surface area contributed by atoms with Crippen molar-refractivity contribution in [1.82, 2.24) is 0 Å². The van der Waals surface area contributed by atoms with Gasteiger partial charge in [-0.05, 0) is 86.2 Å². The molecular weight excluding hydrogens is 268 g/mol. The summed E-state index contributed by atoms with van der Waals surface area (Å²) in [5, 5.41) is 11.2. The van der Waals surface area contributed by atoms with Crippen LogP contribution >= 0.6 is 0 Å². The smallest absolute Gasteiger partial charge is 0.0701 e. The Bertz CT molecular complexity index is 592. The first-order chi connectivity index (χ1) is 10.5. The fourth-order valence-corrected chi connectivity index (χ4v) is 6.40. The Hall–Kier alpha value is -0.820. The number of aryl methyl sites for hydroxylation is 2. The van der Waals surface area contributed by atoms with E-state index < -0.39 is 5.60 Å². The standard InChI is InChI=1S/C21H30O/c1-4-21(22)12-10-19-18-8-6-15-13-14(2)5-7-16(15)17(18)9-11-20(19,21)3/h5,7,13,17-19,22H,4,6,8-12H2,1-3H3/t17-,18-,19+,20-,21+/m0/s1. The predicted molar refractivity (Wildman–Crippen MR) is 91.0 cm³/mol. The van der Waals surface area contributed by atoms with Crippen LogP contribution < -0.4 is 0 Å². The van der Waals surface area contributed by atoms with E-state index in [0.717, 1.165) is 30.6 Å². The van der Waals surface area contributed by atoms with Gasteiger partial charge in [-0.2, -0.15) is 0 Å². The van der Waals surface area contributed by atoms with Gasteiger partial charge in [0.25, 0.3) is 0 Å². The molecule has 1 aromatic rings. The maximum absolute atomic E-state index is 11.2. The van der Waals surface area contributed by atoms with Crippen LogP contribution in [-0.4, -0.2) is 10.7 Å². The van der Waals surface area contributed by atoms with Crippen molar-refractivity contribution in [1.29, 1.82) is 0 Å². The van der Waals surface area contributed by atoms with E-state index in [1.807, 2.05) is 0 Å². The molecule has 3 aliphatic rings. The minimum absolute atomic E-state index is 0.158. The molecule has 1 N–H and O–H groups in total. The van der Waals surface area contributed by atoms with Gasteiger partial charge in [0.1, 0.15) is 0 Å². The van der Waals surface area contributed by atoms with E-state index >= 15 is 0 Å². The molecule has 5 atom stereocenters. The van der Waals surface area contributed by atoms with Crippen LogP contribution in [0.25, 0.3) is 0 Å². The van der Waals surface area contributed by atoms with Gasteiger partial charge in [0, 0.05) is 0 Å². The zero-order valence-corrected chi connectivity index (χ0v) is 14.4. The number of aliphatic hydroxyl groups is 1. The van der Waals surface area contributed by atoms with E-state index in [1.54, 1.807) is 11.1 Å². The third kappa shape index (κ3) is 1.81. The van der Waals surface area contributed by atoms with Crippen molar-refractivity contribution in [3.63, 3.8) is 0 Å². The molecule has 0 unspecified atom stereocenters. The zero-order chi connectivity index (χ0) is 15.5. The summed E-state index contributed by atoms with van der Waals surface area (Å²) in [6.45, 7) is 6.79. The molecule has 22 heavy (non-hydrogen) atoms. The number of hydrogen-bond donors (Lipinski definition) is 1. The summed E-state index contributed by atoms with van der Waals surface area (Å²) >= 11 is 0. The van der Waals surface area contributed by atoms with Crippen LogP contribution in [0.3, 0.4) is 0 Å². The molecule has 0 amide bonds. The topological polar surface area (TPSA) is 20.2 Å². The molecule has 0 radical (unpaired) electrons. The summed E-state index contributed by atoms with van der Waals surface area (Å²) in [6, 6.07) is 7.12. The van der Waals surface area contributed by atoms with Crippen molar-refractivity contribution >= 4 is 0 Å². The van der Waals surface area contributed by atoms with E-state index in [-0.39, 0.29) is 5.41 Å². The van der Waals surface area contributed by atoms with E-state index in [4.69, 9.17) is 0 Å². The molecule has 0 spiro atoms. The number of hydrogen-bond acceptors (Lipinski definition) is 1. The quantitative estimate of drug-likeness (QED) is 0.774. The molecule has 0 bridgehead atoms. The van der Waals surface area contributed by atoms with Crippen molar-refractivity contribution in [3.05, 3.63) is 34.9 Å². The molecule has 4 rings (SSSR count). The average molecular weight is 298 g/mol. The molecule has 3 aliphatic carbocycles. The Morgan fingerprint density at radius 2 is 2.00 bits per heavy atom. The minimum Gasteiger partial charge on any atom is -0.389 e. The van der Waals surface area contributed by atoms with Crippen LogP contribution in [0.15, 0.2) is 18.2 Å². The summed E-state index contributed by atoms with van der Waals surface area (Å²) in [4.78, 5) is 0. The Morgan fingerprint density at radius 3 is 2.77 bits per heavy atom. The van der Waals surface area contributed by atoms with Gasteiger partial charge >= 0.3 is 0 Å². The lowest BCUT2D eigenvalue weighted by molar-refractivity contribution is -0.104. The molecule has 120 valence electrons. The Morgan fingerprint density at radius 1 is 1.18 bits per heavy atom. The predicted octanol–water partition coefficient (Wildman–Crippen LogP) is 4.99. The SMILES string of the molecule is CC[C@@]1(O)CC[C@@H]2[C@H]3CCc4cc(C)ccc4[C@@H]3CC[C@@]21C. The minimum atomic E-state index is -0.407. The lowest BCUT2D eigenvalue weighted by atomic mass is 9.53. The second-order valence-electron chi connectivity index (χ2n) is 8.50. The Labute approximate surface area is 135 Å². The molecule has 0 saturated heterocycles. The average Bonchev–Trinajstić information content (AvgIpc) is 2.79. The van der Waals surface area contributed by atoms with Gasteiger partial charge in [-0.3, -0.25) is 0 Å². The first kappa shape index (κ1) is 14.8. The number of fused-ring (bicyclic) bond motifs is 5. The van der Waals surface area contributed by atoms with Crippen molar-refractivity contribution in [2.24, 2.45) is 17.3 Å². The first-order valence-electron chi connectivity index (χ1n) is 9.30. The molecular formula is C21H30O. The van der Waals surface area contributed by atoms with Gasteiger partial charge in [0.05, 0.1) is 5.60 Å². The van der Waals surface area contributed by atoms with Gasteiger partial charge in [0.2, 0.25) is 0 Å². The monoisotopic (exact) mass is 298 g/mol. The maximum atomic E-state index is 11.2. The van der Waals surface area contributed by atoms with Crippen LogP contribution in [-0.2, 0) is 6.42 Å². The number of benzene rings is 1. The van der Waals surface area contributed by atoms with Gasteiger partial charge < -0.3 is 5.11 Å². The van der Waals surface area contributed by atoms with Crippen LogP contribution in [0.5, 0.6) is 0 Å². The van der Waals surface area contributed by atoms with E-state index in [9.17, 15) is 5.11 Å². The first-order valence-corrected chi connectivity index (χ1v) is 9.30. The summed E-state index contributed by atoms with van der Waals surface area (Å²) in [5.74, 6) is 2.28. The molecule has 1 heteroatoms. The lowest BCUT2D eigenvalue weighted by Crippen LogP contribution is -2.50. The molecule has 2 fully saturated rings. The normalized spacial score (nSPS) is 43.4.